The summed E-state index contributed by atoms with van der Waals surface area (Å²) in [5.41, 5.74) is 2.79. The van der Waals surface area contributed by atoms with Crippen molar-refractivity contribution in [3.05, 3.63) is 65.1 Å². The smallest absolute Gasteiger partial charge is 0.253 e. The van der Waals surface area contributed by atoms with Gasteiger partial charge in [-0.3, -0.25) is 4.79 Å². The van der Waals surface area contributed by atoms with Crippen LogP contribution in [0.1, 0.15) is 67.1 Å². The second-order valence-electron chi connectivity index (χ2n) is 9.15. The molecule has 0 N–H and O–H groups in total. The minimum atomic E-state index is -0.400. The summed E-state index contributed by atoms with van der Waals surface area (Å²) in [6.07, 6.45) is 3.36. The third-order valence-corrected chi connectivity index (χ3v) is 5.62. The molecule has 31 heavy (non-hydrogen) atoms. The van der Waals surface area contributed by atoms with Gasteiger partial charge in [-0.25, -0.2) is 14.4 Å². The number of benzene rings is 1. The standard InChI is InChI=1S/C24H27FN4O2/c1-15-12-20(31-28-15)19-14-26-23(24(2,3)4)27-21(19)16-8-10-29(11-9-16)22(30)17-6-5-7-18(25)13-17/h5-7,12-14,16H,8-11H2,1-4H3. The van der Waals surface area contributed by atoms with Crippen LogP contribution in [0.4, 0.5) is 4.39 Å². The molecule has 0 spiro atoms. The maximum absolute atomic E-state index is 13.5. The highest BCUT2D eigenvalue weighted by Gasteiger charge is 2.30. The summed E-state index contributed by atoms with van der Waals surface area (Å²) < 4.78 is 19.0. The number of halogens is 1. The minimum Gasteiger partial charge on any atom is -0.356 e. The van der Waals surface area contributed by atoms with Gasteiger partial charge in [0.05, 0.1) is 17.0 Å². The summed E-state index contributed by atoms with van der Waals surface area (Å²) in [4.78, 5) is 24.1. The lowest BCUT2D eigenvalue weighted by molar-refractivity contribution is 0.0711. The highest BCUT2D eigenvalue weighted by atomic mass is 19.1. The molecule has 1 saturated heterocycles. The predicted molar refractivity (Wildman–Crippen MR) is 115 cm³/mol. The first-order valence-electron chi connectivity index (χ1n) is 10.6. The van der Waals surface area contributed by atoms with Crippen molar-refractivity contribution in [1.82, 2.24) is 20.0 Å². The molecule has 0 aliphatic carbocycles. The average molecular weight is 423 g/mol. The third kappa shape index (κ3) is 4.50. The predicted octanol–water partition coefficient (Wildman–Crippen LogP) is 4.90. The Labute approximate surface area is 181 Å². The molecule has 7 heteroatoms. The van der Waals surface area contributed by atoms with Crippen molar-refractivity contribution in [3.63, 3.8) is 0 Å². The van der Waals surface area contributed by atoms with Crippen molar-refractivity contribution in [1.29, 1.82) is 0 Å². The fourth-order valence-electron chi connectivity index (χ4n) is 3.91. The van der Waals surface area contributed by atoms with E-state index in [4.69, 9.17) is 9.51 Å². The molecule has 3 heterocycles. The molecule has 162 valence electrons. The van der Waals surface area contributed by atoms with Gasteiger partial charge >= 0.3 is 0 Å². The van der Waals surface area contributed by atoms with E-state index >= 15 is 0 Å². The van der Waals surface area contributed by atoms with Crippen molar-refractivity contribution >= 4 is 5.91 Å². The minimum absolute atomic E-state index is 0.137. The normalized spacial score (nSPS) is 15.3. The number of rotatable bonds is 3. The number of hydrogen-bond acceptors (Lipinski definition) is 5. The zero-order chi connectivity index (χ0) is 22.2. The Morgan fingerprint density at radius 3 is 2.55 bits per heavy atom. The SMILES string of the molecule is Cc1cc(-c2cnc(C(C)(C)C)nc2C2CCN(C(=O)c3cccc(F)c3)CC2)on1. The molecule has 1 fully saturated rings. The maximum Gasteiger partial charge on any atom is 0.253 e. The van der Waals surface area contributed by atoms with Gasteiger partial charge < -0.3 is 9.42 Å². The lowest BCUT2D eigenvalue weighted by Crippen LogP contribution is -2.38. The Kier molecular flexibility index (Phi) is 5.60. The van der Waals surface area contributed by atoms with Gasteiger partial charge in [-0.05, 0) is 38.0 Å². The van der Waals surface area contributed by atoms with E-state index < -0.39 is 5.82 Å². The van der Waals surface area contributed by atoms with Gasteiger partial charge in [-0.2, -0.15) is 0 Å². The molecule has 6 nitrogen and oxygen atoms in total. The molecule has 1 aromatic carbocycles. The largest absolute Gasteiger partial charge is 0.356 e. The van der Waals surface area contributed by atoms with Crippen LogP contribution in [0.3, 0.4) is 0 Å². The van der Waals surface area contributed by atoms with Crippen LogP contribution in [0, 0.1) is 12.7 Å². The van der Waals surface area contributed by atoms with Crippen LogP contribution in [0.15, 0.2) is 41.1 Å². The number of hydrogen-bond donors (Lipinski definition) is 0. The molecule has 1 aliphatic rings. The summed E-state index contributed by atoms with van der Waals surface area (Å²) in [5.74, 6) is 1.07. The summed E-state index contributed by atoms with van der Waals surface area (Å²) in [6, 6.07) is 7.75. The van der Waals surface area contributed by atoms with Crippen molar-refractivity contribution in [3.8, 4) is 11.3 Å². The summed E-state index contributed by atoms with van der Waals surface area (Å²) in [5, 5.41) is 4.01. The van der Waals surface area contributed by atoms with E-state index in [0.29, 0.717) is 24.4 Å². The zero-order valence-electron chi connectivity index (χ0n) is 18.4. The lowest BCUT2D eigenvalue weighted by atomic mass is 9.88. The average Bonchev–Trinajstić information content (AvgIpc) is 3.18. The van der Waals surface area contributed by atoms with Gasteiger partial charge in [0.2, 0.25) is 0 Å². The highest BCUT2D eigenvalue weighted by Crippen LogP contribution is 2.35. The number of carbonyl (C=O) groups is 1. The van der Waals surface area contributed by atoms with Crippen LogP contribution in [-0.4, -0.2) is 39.0 Å². The highest BCUT2D eigenvalue weighted by molar-refractivity contribution is 5.94. The van der Waals surface area contributed by atoms with Gasteiger partial charge in [0.15, 0.2) is 5.76 Å². The van der Waals surface area contributed by atoms with E-state index in [1.165, 1.54) is 12.1 Å². The van der Waals surface area contributed by atoms with Crippen LogP contribution >= 0.6 is 0 Å². The number of aryl methyl sites for hydroxylation is 1. The number of amides is 1. The van der Waals surface area contributed by atoms with Gasteiger partial charge in [0.1, 0.15) is 11.6 Å². The summed E-state index contributed by atoms with van der Waals surface area (Å²) in [7, 11) is 0. The molecule has 0 bridgehead atoms. The van der Waals surface area contributed by atoms with E-state index in [1.54, 1.807) is 17.0 Å². The molecule has 4 rings (SSSR count). The van der Waals surface area contributed by atoms with E-state index in [0.717, 1.165) is 35.6 Å². The molecule has 3 aromatic rings. The molecule has 0 unspecified atom stereocenters. The van der Waals surface area contributed by atoms with E-state index in [-0.39, 0.29) is 17.2 Å². The summed E-state index contributed by atoms with van der Waals surface area (Å²) in [6.45, 7) is 9.32. The van der Waals surface area contributed by atoms with Gasteiger partial charge in [-0.15, -0.1) is 0 Å². The Bertz CT molecular complexity index is 1090. The molecule has 2 aromatic heterocycles. The van der Waals surface area contributed by atoms with Crippen molar-refractivity contribution in [2.75, 3.05) is 13.1 Å². The first kappa shape index (κ1) is 21.2. The molecule has 0 radical (unpaired) electrons. The number of likely N-dealkylation sites (tertiary alicyclic amines) is 1. The lowest BCUT2D eigenvalue weighted by Gasteiger charge is -2.33. The molecular formula is C24H27FN4O2. The Hall–Kier alpha value is -3.09. The van der Waals surface area contributed by atoms with Crippen molar-refractivity contribution in [2.24, 2.45) is 0 Å². The third-order valence-electron chi connectivity index (χ3n) is 5.62. The van der Waals surface area contributed by atoms with Crippen LogP contribution in [0.2, 0.25) is 0 Å². The summed E-state index contributed by atoms with van der Waals surface area (Å²) >= 11 is 0. The van der Waals surface area contributed by atoms with Crippen LogP contribution in [-0.2, 0) is 5.41 Å². The Balaban J connectivity index is 1.59. The second-order valence-corrected chi connectivity index (χ2v) is 9.15. The Morgan fingerprint density at radius 2 is 1.94 bits per heavy atom. The van der Waals surface area contributed by atoms with E-state index in [9.17, 15) is 9.18 Å². The molecule has 1 amide bonds. The van der Waals surface area contributed by atoms with Gasteiger partial charge in [0.25, 0.3) is 5.91 Å². The molecule has 0 atom stereocenters. The van der Waals surface area contributed by atoms with Crippen molar-refractivity contribution in [2.45, 2.75) is 51.9 Å². The second kappa shape index (κ2) is 8.21. The van der Waals surface area contributed by atoms with Gasteiger partial charge in [-0.1, -0.05) is 32.0 Å². The number of carbonyl (C=O) groups excluding carboxylic acids is 1. The first-order chi connectivity index (χ1) is 14.7. The molecule has 1 aliphatic heterocycles. The number of nitrogens with zero attached hydrogens (tertiary/aromatic N) is 4. The molecule has 0 saturated carbocycles. The first-order valence-corrected chi connectivity index (χ1v) is 10.6. The number of aromatic nitrogens is 3. The zero-order valence-corrected chi connectivity index (χ0v) is 18.4. The van der Waals surface area contributed by atoms with Crippen LogP contribution in [0.5, 0.6) is 0 Å². The maximum atomic E-state index is 13.5. The van der Waals surface area contributed by atoms with E-state index in [2.05, 4.69) is 30.9 Å². The van der Waals surface area contributed by atoms with E-state index in [1.807, 2.05) is 19.2 Å². The monoisotopic (exact) mass is 422 g/mol. The number of piperidine rings is 1. The topological polar surface area (TPSA) is 72.1 Å². The Morgan fingerprint density at radius 1 is 1.19 bits per heavy atom. The van der Waals surface area contributed by atoms with Gasteiger partial charge in [0, 0.05) is 42.2 Å². The molecular weight excluding hydrogens is 395 g/mol. The quantitative estimate of drug-likeness (QED) is 0.601. The van der Waals surface area contributed by atoms with Crippen molar-refractivity contribution < 1.29 is 13.7 Å². The van der Waals surface area contributed by atoms with Crippen LogP contribution < -0.4 is 0 Å². The fourth-order valence-corrected chi connectivity index (χ4v) is 3.91. The fraction of sp³-hybridized carbons (Fsp3) is 0.417. The van der Waals surface area contributed by atoms with Crippen LogP contribution in [0.25, 0.3) is 11.3 Å².